The number of oxime groups is 1. The number of amides is 1. The molecule has 7 heteroatoms. The predicted octanol–water partition coefficient (Wildman–Crippen LogP) is 1.28. The fourth-order valence-electron chi connectivity index (χ4n) is 1.57. The number of thiophene rings is 1. The van der Waals surface area contributed by atoms with Crippen LogP contribution >= 0.6 is 11.3 Å². The van der Waals surface area contributed by atoms with E-state index in [1.165, 1.54) is 11.3 Å². The Morgan fingerprint density at radius 1 is 1.53 bits per heavy atom. The number of amidine groups is 1. The lowest BCUT2D eigenvalue weighted by molar-refractivity contribution is 0.0700. The molecule has 0 bridgehead atoms. The highest BCUT2D eigenvalue weighted by Gasteiger charge is 2.18. The molecule has 0 aliphatic heterocycles. The van der Waals surface area contributed by atoms with Gasteiger partial charge in [0.1, 0.15) is 5.84 Å². The quantitative estimate of drug-likeness (QED) is 0.342. The van der Waals surface area contributed by atoms with Gasteiger partial charge in [-0.15, -0.1) is 0 Å². The average Bonchev–Trinajstić information content (AvgIpc) is 2.84. The third-order valence-corrected chi connectivity index (χ3v) is 3.57. The van der Waals surface area contributed by atoms with Crippen LogP contribution in [0.2, 0.25) is 0 Å². The lowest BCUT2D eigenvalue weighted by Crippen LogP contribution is -2.36. The number of carbonyl (C=O) groups is 1. The molecule has 0 aliphatic carbocycles. The number of carbonyl (C=O) groups excluding carboxylic acids is 1. The van der Waals surface area contributed by atoms with Crippen LogP contribution in [0, 0.1) is 6.92 Å². The largest absolute Gasteiger partial charge is 0.409 e. The smallest absolute Gasteiger partial charge is 0.255 e. The molecule has 6 nitrogen and oxygen atoms in total. The summed E-state index contributed by atoms with van der Waals surface area (Å²) in [5.41, 5.74) is 7.09. The minimum Gasteiger partial charge on any atom is -0.409 e. The maximum absolute atomic E-state index is 12.4. The zero-order chi connectivity index (χ0) is 14.3. The van der Waals surface area contributed by atoms with Crippen LogP contribution in [0.4, 0.5) is 0 Å². The Bertz CT molecular complexity index is 445. The Morgan fingerprint density at radius 2 is 2.26 bits per heavy atom. The standard InChI is InChI=1S/C12H19N3O3S/c1-9-7-19-8-10(9)12(16)15(5-6-18-2)4-3-11(13)14-17/h7-8,17H,3-6H2,1-2H3,(H2,13,14). The SMILES string of the molecule is COCCN(CCC(N)=NO)C(=O)c1cscc1C. The lowest BCUT2D eigenvalue weighted by Gasteiger charge is -2.22. The zero-order valence-corrected chi connectivity index (χ0v) is 11.9. The molecule has 19 heavy (non-hydrogen) atoms. The average molecular weight is 285 g/mol. The summed E-state index contributed by atoms with van der Waals surface area (Å²) in [4.78, 5) is 14.0. The number of hydrogen-bond donors (Lipinski definition) is 2. The van der Waals surface area contributed by atoms with Crippen LogP contribution in [0.3, 0.4) is 0 Å². The molecular weight excluding hydrogens is 266 g/mol. The van der Waals surface area contributed by atoms with Crippen LogP contribution in [-0.2, 0) is 4.74 Å². The molecule has 0 saturated heterocycles. The molecule has 0 radical (unpaired) electrons. The molecule has 0 atom stereocenters. The van der Waals surface area contributed by atoms with E-state index in [1.54, 1.807) is 12.0 Å². The van der Waals surface area contributed by atoms with Gasteiger partial charge in [-0.3, -0.25) is 4.79 Å². The van der Waals surface area contributed by atoms with E-state index in [9.17, 15) is 4.79 Å². The summed E-state index contributed by atoms with van der Waals surface area (Å²) in [6.45, 7) is 3.23. The molecule has 1 amide bonds. The molecular formula is C12H19N3O3S. The van der Waals surface area contributed by atoms with Crippen LogP contribution in [-0.4, -0.2) is 48.7 Å². The molecule has 0 aromatic carbocycles. The van der Waals surface area contributed by atoms with Gasteiger partial charge in [-0.05, 0) is 17.9 Å². The lowest BCUT2D eigenvalue weighted by atomic mass is 10.2. The molecule has 0 fully saturated rings. The highest BCUT2D eigenvalue weighted by molar-refractivity contribution is 7.08. The van der Waals surface area contributed by atoms with Crippen molar-refractivity contribution < 1.29 is 14.7 Å². The van der Waals surface area contributed by atoms with Crippen LogP contribution in [0.1, 0.15) is 22.3 Å². The second-order valence-electron chi connectivity index (χ2n) is 4.09. The first-order valence-electron chi connectivity index (χ1n) is 5.87. The van der Waals surface area contributed by atoms with Crippen LogP contribution in [0.25, 0.3) is 0 Å². The first-order chi connectivity index (χ1) is 9.10. The van der Waals surface area contributed by atoms with Gasteiger partial charge in [-0.2, -0.15) is 11.3 Å². The van der Waals surface area contributed by atoms with Gasteiger partial charge in [-0.1, -0.05) is 5.16 Å². The minimum absolute atomic E-state index is 0.0541. The second kappa shape index (κ2) is 7.75. The number of ether oxygens (including phenoxy) is 1. The van der Waals surface area contributed by atoms with Gasteiger partial charge in [0.05, 0.1) is 12.2 Å². The Kier molecular flexibility index (Phi) is 6.31. The van der Waals surface area contributed by atoms with Crippen molar-refractivity contribution in [3.63, 3.8) is 0 Å². The maximum atomic E-state index is 12.4. The molecule has 0 unspecified atom stereocenters. The fraction of sp³-hybridized carbons (Fsp3) is 0.500. The van der Waals surface area contributed by atoms with Crippen molar-refractivity contribution in [1.82, 2.24) is 4.90 Å². The Hall–Kier alpha value is -1.60. The van der Waals surface area contributed by atoms with Crippen molar-refractivity contribution >= 4 is 23.1 Å². The molecule has 106 valence electrons. The molecule has 1 heterocycles. The Balaban J connectivity index is 2.73. The van der Waals surface area contributed by atoms with Crippen LogP contribution in [0.5, 0.6) is 0 Å². The molecule has 1 aromatic rings. The van der Waals surface area contributed by atoms with Crippen molar-refractivity contribution in [3.8, 4) is 0 Å². The van der Waals surface area contributed by atoms with Crippen molar-refractivity contribution in [2.45, 2.75) is 13.3 Å². The van der Waals surface area contributed by atoms with Gasteiger partial charge in [0.15, 0.2) is 0 Å². The van der Waals surface area contributed by atoms with Gasteiger partial charge in [-0.25, -0.2) is 0 Å². The second-order valence-corrected chi connectivity index (χ2v) is 4.84. The van der Waals surface area contributed by atoms with E-state index in [0.29, 0.717) is 31.7 Å². The van der Waals surface area contributed by atoms with E-state index in [2.05, 4.69) is 5.16 Å². The normalized spacial score (nSPS) is 11.6. The zero-order valence-electron chi connectivity index (χ0n) is 11.1. The minimum atomic E-state index is -0.0541. The number of nitrogens with two attached hydrogens (primary N) is 1. The van der Waals surface area contributed by atoms with E-state index < -0.39 is 0 Å². The van der Waals surface area contributed by atoms with E-state index in [1.807, 2.05) is 17.7 Å². The molecule has 0 aliphatic rings. The van der Waals surface area contributed by atoms with Crippen molar-refractivity contribution in [2.24, 2.45) is 10.9 Å². The summed E-state index contributed by atoms with van der Waals surface area (Å²) in [6, 6.07) is 0. The van der Waals surface area contributed by atoms with Gasteiger partial charge in [0.2, 0.25) is 0 Å². The summed E-state index contributed by atoms with van der Waals surface area (Å²) in [7, 11) is 1.59. The molecule has 1 rings (SSSR count). The highest BCUT2D eigenvalue weighted by atomic mass is 32.1. The first kappa shape index (κ1) is 15.5. The van der Waals surface area contributed by atoms with Crippen molar-refractivity contribution in [3.05, 3.63) is 21.9 Å². The molecule has 0 saturated carbocycles. The molecule has 3 N–H and O–H groups in total. The number of nitrogens with zero attached hydrogens (tertiary/aromatic N) is 2. The van der Waals surface area contributed by atoms with Crippen molar-refractivity contribution in [1.29, 1.82) is 0 Å². The van der Waals surface area contributed by atoms with E-state index in [0.717, 1.165) is 5.56 Å². The molecule has 0 spiro atoms. The Morgan fingerprint density at radius 3 is 2.79 bits per heavy atom. The van der Waals surface area contributed by atoms with Crippen molar-refractivity contribution in [2.75, 3.05) is 26.8 Å². The maximum Gasteiger partial charge on any atom is 0.255 e. The summed E-state index contributed by atoms with van der Waals surface area (Å²) < 4.78 is 5.00. The first-order valence-corrected chi connectivity index (χ1v) is 6.81. The number of methoxy groups -OCH3 is 1. The number of aryl methyl sites for hydroxylation is 1. The number of rotatable bonds is 7. The van der Waals surface area contributed by atoms with Crippen LogP contribution < -0.4 is 5.73 Å². The summed E-state index contributed by atoms with van der Waals surface area (Å²) >= 11 is 1.50. The monoisotopic (exact) mass is 285 g/mol. The highest BCUT2D eigenvalue weighted by Crippen LogP contribution is 2.16. The third kappa shape index (κ3) is 4.53. The van der Waals surface area contributed by atoms with Gasteiger partial charge in [0.25, 0.3) is 5.91 Å². The summed E-state index contributed by atoms with van der Waals surface area (Å²) in [5, 5.41) is 15.2. The summed E-state index contributed by atoms with van der Waals surface area (Å²) in [5.74, 6) is 0.0544. The third-order valence-electron chi connectivity index (χ3n) is 2.70. The van der Waals surface area contributed by atoms with Gasteiger partial charge < -0.3 is 20.6 Å². The molecule has 1 aromatic heterocycles. The number of hydrogen-bond acceptors (Lipinski definition) is 5. The van der Waals surface area contributed by atoms with E-state index in [4.69, 9.17) is 15.7 Å². The van der Waals surface area contributed by atoms with Gasteiger partial charge >= 0.3 is 0 Å². The topological polar surface area (TPSA) is 88.2 Å². The van der Waals surface area contributed by atoms with E-state index in [-0.39, 0.29) is 11.7 Å². The fourth-order valence-corrected chi connectivity index (χ4v) is 2.39. The van der Waals surface area contributed by atoms with Crippen LogP contribution in [0.15, 0.2) is 15.9 Å². The van der Waals surface area contributed by atoms with Gasteiger partial charge in [0, 0.05) is 32.0 Å². The van der Waals surface area contributed by atoms with E-state index >= 15 is 0 Å². The summed E-state index contributed by atoms with van der Waals surface area (Å²) in [6.07, 6.45) is 0.329. The predicted molar refractivity (Wildman–Crippen MR) is 74.9 cm³/mol. The Labute approximate surface area is 116 Å².